The van der Waals surface area contributed by atoms with Crippen LogP contribution < -0.4 is 20.9 Å². The minimum Gasteiger partial charge on any atom is -0.467 e. The summed E-state index contributed by atoms with van der Waals surface area (Å²) in [6.45, 7) is 0. The largest absolute Gasteiger partial charge is 0.467 e. The number of esters is 1. The molecule has 162 valence electrons. The van der Waals surface area contributed by atoms with Crippen molar-refractivity contribution in [2.75, 3.05) is 43.4 Å². The number of hydrogen-bond acceptors (Lipinski definition) is 8. The second-order valence-corrected chi connectivity index (χ2v) is 8.29. The van der Waals surface area contributed by atoms with Gasteiger partial charge in [-0.2, -0.15) is 16.7 Å². The Balaban J connectivity index is 1.77. The fourth-order valence-electron chi connectivity index (χ4n) is 3.24. The molecule has 2 amide bonds. The van der Waals surface area contributed by atoms with Gasteiger partial charge in [0, 0.05) is 32.4 Å². The molecule has 3 N–H and O–H groups in total. The number of amides is 2. The van der Waals surface area contributed by atoms with Crippen molar-refractivity contribution in [3.8, 4) is 0 Å². The highest BCUT2D eigenvalue weighted by Gasteiger charge is 2.25. The molecule has 1 saturated carbocycles. The molecule has 10 heteroatoms. The molecule has 0 bridgehead atoms. The minimum atomic E-state index is -0.619. The first-order valence-electron chi connectivity index (χ1n) is 9.83. The summed E-state index contributed by atoms with van der Waals surface area (Å²) in [7, 11) is 5.22. The van der Waals surface area contributed by atoms with E-state index >= 15 is 0 Å². The summed E-state index contributed by atoms with van der Waals surface area (Å²) in [5.41, 5.74) is 0. The van der Waals surface area contributed by atoms with Crippen LogP contribution in [0.3, 0.4) is 0 Å². The van der Waals surface area contributed by atoms with Crippen LogP contribution >= 0.6 is 11.8 Å². The first-order valence-corrected chi connectivity index (χ1v) is 11.2. The maximum Gasteiger partial charge on any atom is 0.328 e. The van der Waals surface area contributed by atoms with Crippen molar-refractivity contribution in [3.63, 3.8) is 0 Å². The zero-order valence-electron chi connectivity index (χ0n) is 17.6. The average molecular weight is 425 g/mol. The summed E-state index contributed by atoms with van der Waals surface area (Å²) in [5, 5.41) is 9.11. The van der Waals surface area contributed by atoms with Gasteiger partial charge in [-0.25, -0.2) is 14.6 Å². The van der Waals surface area contributed by atoms with Crippen LogP contribution in [0.2, 0.25) is 0 Å². The lowest BCUT2D eigenvalue weighted by Gasteiger charge is -2.30. The highest BCUT2D eigenvalue weighted by atomic mass is 32.2. The number of aromatic nitrogens is 2. The topological polar surface area (TPSA) is 108 Å². The molecule has 1 unspecified atom stereocenters. The van der Waals surface area contributed by atoms with Gasteiger partial charge in [0.2, 0.25) is 5.95 Å². The molecule has 1 heterocycles. The smallest absolute Gasteiger partial charge is 0.328 e. The number of nitrogens with one attached hydrogen (secondary N) is 3. The maximum absolute atomic E-state index is 12.3. The minimum absolute atomic E-state index is 0.0842. The summed E-state index contributed by atoms with van der Waals surface area (Å²) >= 11 is 1.62. The lowest BCUT2D eigenvalue weighted by Crippen LogP contribution is -2.50. The van der Waals surface area contributed by atoms with Gasteiger partial charge >= 0.3 is 12.0 Å². The van der Waals surface area contributed by atoms with Gasteiger partial charge in [-0.15, -0.1) is 0 Å². The zero-order chi connectivity index (χ0) is 21.2. The Morgan fingerprint density at radius 1 is 1.28 bits per heavy atom. The lowest BCUT2D eigenvalue weighted by atomic mass is 9.91. The monoisotopic (exact) mass is 424 g/mol. The van der Waals surface area contributed by atoms with E-state index in [4.69, 9.17) is 4.74 Å². The van der Waals surface area contributed by atoms with Crippen LogP contribution in [0.5, 0.6) is 0 Å². The Kier molecular flexibility index (Phi) is 9.30. The van der Waals surface area contributed by atoms with Crippen LogP contribution in [0.15, 0.2) is 12.3 Å². The molecule has 1 aromatic heterocycles. The fraction of sp³-hybridized carbons (Fsp3) is 0.684. The third-order valence-corrected chi connectivity index (χ3v) is 5.54. The maximum atomic E-state index is 12.3. The van der Waals surface area contributed by atoms with Crippen LogP contribution in [-0.4, -0.2) is 73.3 Å². The van der Waals surface area contributed by atoms with E-state index in [-0.39, 0.29) is 18.1 Å². The lowest BCUT2D eigenvalue weighted by molar-refractivity contribution is -0.142. The van der Waals surface area contributed by atoms with Gasteiger partial charge in [0.1, 0.15) is 11.9 Å². The summed E-state index contributed by atoms with van der Waals surface area (Å²) in [5.74, 6) is 1.84. The highest BCUT2D eigenvalue weighted by Crippen LogP contribution is 2.21. The number of nitrogens with zero attached hydrogens (tertiary/aromatic N) is 3. The summed E-state index contributed by atoms with van der Waals surface area (Å²) in [4.78, 5) is 34.9. The molecule has 29 heavy (non-hydrogen) atoms. The number of carbonyl (C=O) groups excluding carboxylic acids is 2. The standard InChI is InChI=1S/C19H32N6O3S/c1-25(2)16-9-11-20-18(24-16)21-13-5-7-14(8-6-13)22-19(27)23-15(10-12-29-4)17(26)28-3/h9,11,13-15H,5-8,10,12H2,1-4H3,(H,20,21,24)(H2,22,23,27). The van der Waals surface area contributed by atoms with Crippen molar-refractivity contribution in [3.05, 3.63) is 12.3 Å². The van der Waals surface area contributed by atoms with Gasteiger partial charge in [0.15, 0.2) is 0 Å². The van der Waals surface area contributed by atoms with Crippen LogP contribution in [-0.2, 0) is 9.53 Å². The van der Waals surface area contributed by atoms with Gasteiger partial charge < -0.3 is 25.6 Å². The van der Waals surface area contributed by atoms with Gasteiger partial charge in [-0.3, -0.25) is 0 Å². The zero-order valence-corrected chi connectivity index (χ0v) is 18.4. The van der Waals surface area contributed by atoms with Crippen molar-refractivity contribution < 1.29 is 14.3 Å². The second kappa shape index (κ2) is 11.7. The Labute approximate surface area is 176 Å². The number of ether oxygens (including phenoxy) is 1. The predicted molar refractivity (Wildman–Crippen MR) is 116 cm³/mol. The first kappa shape index (κ1) is 23.1. The molecule has 0 saturated heterocycles. The number of urea groups is 1. The molecule has 1 atom stereocenters. The SMILES string of the molecule is COC(=O)C(CCSC)NC(=O)NC1CCC(Nc2nccc(N(C)C)n2)CC1. The van der Waals surface area contributed by atoms with E-state index in [9.17, 15) is 9.59 Å². The average Bonchev–Trinajstić information content (AvgIpc) is 2.72. The third kappa shape index (κ3) is 7.60. The van der Waals surface area contributed by atoms with E-state index in [0.717, 1.165) is 37.3 Å². The van der Waals surface area contributed by atoms with Crippen molar-refractivity contribution in [2.24, 2.45) is 0 Å². The number of rotatable bonds is 9. The van der Waals surface area contributed by atoms with Crippen LogP contribution in [0.25, 0.3) is 0 Å². The van der Waals surface area contributed by atoms with E-state index in [2.05, 4.69) is 25.9 Å². The van der Waals surface area contributed by atoms with E-state index in [1.54, 1.807) is 18.0 Å². The molecular formula is C19H32N6O3S. The van der Waals surface area contributed by atoms with Gasteiger partial charge in [-0.05, 0) is 50.2 Å². The van der Waals surface area contributed by atoms with Crippen molar-refractivity contribution >= 4 is 35.5 Å². The first-order chi connectivity index (χ1) is 13.9. The third-order valence-electron chi connectivity index (χ3n) is 4.90. The molecule has 2 rings (SSSR count). The number of anilines is 2. The predicted octanol–water partition coefficient (Wildman–Crippen LogP) is 1.86. The molecule has 0 spiro atoms. The molecule has 9 nitrogen and oxygen atoms in total. The van der Waals surface area contributed by atoms with Crippen LogP contribution in [0.4, 0.5) is 16.6 Å². The van der Waals surface area contributed by atoms with Crippen LogP contribution in [0, 0.1) is 0 Å². The molecular weight excluding hydrogens is 392 g/mol. The number of hydrogen-bond donors (Lipinski definition) is 3. The molecule has 1 aliphatic carbocycles. The molecule has 1 fully saturated rings. The Hall–Kier alpha value is -2.23. The van der Waals surface area contributed by atoms with Crippen molar-refractivity contribution in [2.45, 2.75) is 50.2 Å². The van der Waals surface area contributed by atoms with Gasteiger partial charge in [-0.1, -0.05) is 0 Å². The molecule has 1 aromatic rings. The Morgan fingerprint density at radius 2 is 1.97 bits per heavy atom. The number of carbonyl (C=O) groups is 2. The molecule has 0 radical (unpaired) electrons. The van der Waals surface area contributed by atoms with E-state index in [1.165, 1.54) is 7.11 Å². The second-order valence-electron chi connectivity index (χ2n) is 7.30. The number of methoxy groups -OCH3 is 1. The molecule has 1 aliphatic rings. The molecule has 0 aliphatic heterocycles. The fourth-order valence-corrected chi connectivity index (χ4v) is 3.72. The van der Waals surface area contributed by atoms with E-state index < -0.39 is 12.0 Å². The molecule has 0 aromatic carbocycles. The summed E-state index contributed by atoms with van der Waals surface area (Å²) in [6, 6.07) is 1.29. The normalized spacial score (nSPS) is 19.7. The summed E-state index contributed by atoms with van der Waals surface area (Å²) in [6.07, 6.45) is 7.78. The van der Waals surface area contributed by atoms with Crippen molar-refractivity contribution in [1.29, 1.82) is 0 Å². The van der Waals surface area contributed by atoms with E-state index in [1.807, 2.05) is 31.3 Å². The van der Waals surface area contributed by atoms with Crippen LogP contribution in [0.1, 0.15) is 32.1 Å². The highest BCUT2D eigenvalue weighted by molar-refractivity contribution is 7.98. The van der Waals surface area contributed by atoms with Crippen molar-refractivity contribution in [1.82, 2.24) is 20.6 Å². The quantitative estimate of drug-likeness (QED) is 0.516. The van der Waals surface area contributed by atoms with Gasteiger partial charge in [0.05, 0.1) is 7.11 Å². The Bertz CT molecular complexity index is 667. The number of thioether (sulfide) groups is 1. The van der Waals surface area contributed by atoms with E-state index in [0.29, 0.717) is 12.4 Å². The summed E-state index contributed by atoms with van der Waals surface area (Å²) < 4.78 is 4.78. The Morgan fingerprint density at radius 3 is 2.59 bits per heavy atom. The van der Waals surface area contributed by atoms with Gasteiger partial charge in [0.25, 0.3) is 0 Å².